The van der Waals surface area contributed by atoms with E-state index in [-0.39, 0.29) is 20.5 Å². The van der Waals surface area contributed by atoms with Crippen molar-refractivity contribution in [3.63, 3.8) is 0 Å². The van der Waals surface area contributed by atoms with Crippen LogP contribution in [0.1, 0.15) is 11.1 Å². The summed E-state index contributed by atoms with van der Waals surface area (Å²) in [6, 6.07) is 7.99. The molecule has 0 N–H and O–H groups in total. The van der Waals surface area contributed by atoms with E-state index in [4.69, 9.17) is 0 Å². The van der Waals surface area contributed by atoms with Crippen molar-refractivity contribution < 1.29 is 17.2 Å². The number of para-hydroxylation sites is 1. The number of sulfonamides is 1. The molecule has 0 saturated heterocycles. The molecule has 22 heavy (non-hydrogen) atoms. The van der Waals surface area contributed by atoms with Gasteiger partial charge >= 0.3 is 6.05 Å². The number of fused-ring (bicyclic) bond motifs is 1. The molecule has 0 saturated carbocycles. The van der Waals surface area contributed by atoms with E-state index in [0.29, 0.717) is 0 Å². The van der Waals surface area contributed by atoms with Crippen molar-refractivity contribution >= 4 is 21.3 Å². The standard InChI is InChI=1S/C16H13F2NO2S/c1-11-7-9-13(10-8-11)22(20,21)19-15-6-4-3-5-14(15)12(2)16(19,17)18/h3-10H,2H2,1H3. The average Bonchev–Trinajstić information content (AvgIpc) is 2.67. The summed E-state index contributed by atoms with van der Waals surface area (Å²) in [5.41, 5.74) is 0.414. The third-order valence-corrected chi connectivity index (χ3v) is 5.40. The van der Waals surface area contributed by atoms with Crippen molar-refractivity contribution in [1.29, 1.82) is 0 Å². The Balaban J connectivity index is 2.22. The van der Waals surface area contributed by atoms with E-state index in [1.165, 1.54) is 30.3 Å². The maximum Gasteiger partial charge on any atom is 0.365 e. The Morgan fingerprint density at radius 3 is 2.27 bits per heavy atom. The van der Waals surface area contributed by atoms with Gasteiger partial charge in [0.1, 0.15) is 0 Å². The second kappa shape index (κ2) is 4.64. The lowest BCUT2D eigenvalue weighted by molar-refractivity contribution is 0.0862. The van der Waals surface area contributed by atoms with Crippen molar-refractivity contribution in [3.05, 3.63) is 66.2 Å². The normalized spacial score (nSPS) is 16.7. The predicted octanol–water partition coefficient (Wildman–Crippen LogP) is 3.81. The third-order valence-electron chi connectivity index (χ3n) is 3.63. The molecule has 0 fully saturated rings. The van der Waals surface area contributed by atoms with Gasteiger partial charge in [0, 0.05) is 11.1 Å². The molecule has 1 heterocycles. The maximum atomic E-state index is 14.5. The molecule has 3 rings (SSSR count). The van der Waals surface area contributed by atoms with Gasteiger partial charge in [-0.2, -0.15) is 13.1 Å². The largest absolute Gasteiger partial charge is 0.365 e. The summed E-state index contributed by atoms with van der Waals surface area (Å²) in [7, 11) is -4.39. The zero-order valence-electron chi connectivity index (χ0n) is 11.8. The Labute approximate surface area is 127 Å². The average molecular weight is 321 g/mol. The van der Waals surface area contributed by atoms with Crippen molar-refractivity contribution in [2.45, 2.75) is 17.9 Å². The minimum atomic E-state index is -4.39. The van der Waals surface area contributed by atoms with Crippen molar-refractivity contribution in [3.8, 4) is 0 Å². The zero-order chi connectivity index (χ0) is 16.1. The van der Waals surface area contributed by atoms with E-state index in [2.05, 4.69) is 6.58 Å². The van der Waals surface area contributed by atoms with E-state index in [1.54, 1.807) is 25.1 Å². The minimum absolute atomic E-state index is 0.0573. The first-order valence-corrected chi connectivity index (χ1v) is 7.99. The second-order valence-corrected chi connectivity index (χ2v) is 6.91. The van der Waals surface area contributed by atoms with Crippen LogP contribution >= 0.6 is 0 Å². The number of rotatable bonds is 2. The van der Waals surface area contributed by atoms with Gasteiger partial charge in [-0.3, -0.25) is 0 Å². The summed E-state index contributed by atoms with van der Waals surface area (Å²) in [6.45, 7) is 5.15. The summed E-state index contributed by atoms with van der Waals surface area (Å²) < 4.78 is 54.5. The van der Waals surface area contributed by atoms with Crippen LogP contribution in [0, 0.1) is 6.92 Å². The van der Waals surface area contributed by atoms with Crippen molar-refractivity contribution in [1.82, 2.24) is 0 Å². The third kappa shape index (κ3) is 1.94. The van der Waals surface area contributed by atoms with Gasteiger partial charge in [-0.25, -0.2) is 8.42 Å². The molecule has 0 aromatic heterocycles. The SMILES string of the molecule is C=C1c2ccccc2N(S(=O)(=O)c2ccc(C)cc2)C1(F)F. The first-order valence-electron chi connectivity index (χ1n) is 6.55. The van der Waals surface area contributed by atoms with Crippen LogP contribution in [0.25, 0.3) is 5.57 Å². The second-order valence-electron chi connectivity index (χ2n) is 5.12. The number of halogens is 2. The number of benzene rings is 2. The number of anilines is 1. The smallest absolute Gasteiger partial charge is 0.201 e. The number of alkyl halides is 2. The molecule has 0 bridgehead atoms. The zero-order valence-corrected chi connectivity index (χ0v) is 12.6. The van der Waals surface area contributed by atoms with Gasteiger partial charge in [0.2, 0.25) is 0 Å². The van der Waals surface area contributed by atoms with Gasteiger partial charge < -0.3 is 0 Å². The van der Waals surface area contributed by atoms with Gasteiger partial charge in [0.05, 0.1) is 10.6 Å². The van der Waals surface area contributed by atoms with Crippen LogP contribution in [0.5, 0.6) is 0 Å². The lowest BCUT2D eigenvalue weighted by Gasteiger charge is -2.26. The van der Waals surface area contributed by atoms with Crippen molar-refractivity contribution in [2.24, 2.45) is 0 Å². The topological polar surface area (TPSA) is 37.4 Å². The fourth-order valence-electron chi connectivity index (χ4n) is 2.44. The summed E-state index contributed by atoms with van der Waals surface area (Å²) in [5.74, 6) is 0. The quantitative estimate of drug-likeness (QED) is 0.789. The number of aryl methyl sites for hydroxylation is 1. The number of hydrogen-bond acceptors (Lipinski definition) is 2. The van der Waals surface area contributed by atoms with Gasteiger partial charge in [0.25, 0.3) is 10.0 Å². The molecule has 0 unspecified atom stereocenters. The van der Waals surface area contributed by atoms with Crippen LogP contribution in [0.15, 0.2) is 60.0 Å². The monoisotopic (exact) mass is 321 g/mol. The highest BCUT2D eigenvalue weighted by molar-refractivity contribution is 7.93. The molecular formula is C16H13F2NO2S. The summed E-state index contributed by atoms with van der Waals surface area (Å²) in [5, 5.41) is 0. The fraction of sp³-hybridized carbons (Fsp3) is 0.125. The molecule has 2 aromatic rings. The van der Waals surface area contributed by atoms with Crippen molar-refractivity contribution in [2.75, 3.05) is 4.31 Å². The molecule has 0 aliphatic carbocycles. The molecule has 1 aliphatic heterocycles. The van der Waals surface area contributed by atoms with E-state index in [9.17, 15) is 17.2 Å². The summed E-state index contributed by atoms with van der Waals surface area (Å²) >= 11 is 0. The number of hydrogen-bond donors (Lipinski definition) is 0. The minimum Gasteiger partial charge on any atom is -0.201 e. The predicted molar refractivity (Wildman–Crippen MR) is 81.3 cm³/mol. The maximum absolute atomic E-state index is 14.5. The van der Waals surface area contributed by atoms with E-state index in [0.717, 1.165) is 5.56 Å². The van der Waals surface area contributed by atoms with Gasteiger partial charge in [0.15, 0.2) is 0 Å². The van der Waals surface area contributed by atoms with Crippen LogP contribution in [-0.4, -0.2) is 14.5 Å². The van der Waals surface area contributed by atoms with Crippen LogP contribution < -0.4 is 4.31 Å². The molecular weight excluding hydrogens is 308 g/mol. The molecule has 6 heteroatoms. The summed E-state index contributed by atoms with van der Waals surface area (Å²) in [4.78, 5) is -0.178. The van der Waals surface area contributed by atoms with Gasteiger partial charge in [-0.05, 0) is 25.1 Å². The molecule has 0 amide bonds. The Morgan fingerprint density at radius 1 is 1.05 bits per heavy atom. The molecule has 0 atom stereocenters. The van der Waals surface area contributed by atoms with E-state index in [1.807, 2.05) is 0 Å². The highest BCUT2D eigenvalue weighted by atomic mass is 32.2. The Morgan fingerprint density at radius 2 is 1.64 bits per heavy atom. The van der Waals surface area contributed by atoms with Crippen LogP contribution in [0.2, 0.25) is 0 Å². The van der Waals surface area contributed by atoms with Gasteiger partial charge in [-0.15, -0.1) is 0 Å². The van der Waals surface area contributed by atoms with Crippen LogP contribution in [0.4, 0.5) is 14.5 Å². The fourth-order valence-corrected chi connectivity index (χ4v) is 3.96. The highest BCUT2D eigenvalue weighted by Crippen LogP contribution is 2.50. The number of nitrogens with zero attached hydrogens (tertiary/aromatic N) is 1. The first-order chi connectivity index (χ1) is 10.3. The molecule has 3 nitrogen and oxygen atoms in total. The van der Waals surface area contributed by atoms with E-state index >= 15 is 0 Å². The molecule has 1 aliphatic rings. The van der Waals surface area contributed by atoms with Crippen LogP contribution in [-0.2, 0) is 10.0 Å². The van der Waals surface area contributed by atoms with E-state index < -0.39 is 21.6 Å². The molecule has 0 radical (unpaired) electrons. The first kappa shape index (κ1) is 14.7. The lowest BCUT2D eigenvalue weighted by atomic mass is 10.1. The summed E-state index contributed by atoms with van der Waals surface area (Å²) in [6.07, 6.45) is 0. The Kier molecular flexibility index (Phi) is 3.11. The Hall–Kier alpha value is -2.21. The van der Waals surface area contributed by atoms with Gasteiger partial charge in [-0.1, -0.05) is 42.5 Å². The lowest BCUT2D eigenvalue weighted by Crippen LogP contribution is -2.42. The Bertz CT molecular complexity index is 858. The molecule has 0 spiro atoms. The highest BCUT2D eigenvalue weighted by Gasteiger charge is 2.54. The van der Waals surface area contributed by atoms with Crippen LogP contribution in [0.3, 0.4) is 0 Å². The molecule has 2 aromatic carbocycles. The molecule has 114 valence electrons.